The van der Waals surface area contributed by atoms with E-state index in [0.29, 0.717) is 6.42 Å². The zero-order valence-corrected chi connectivity index (χ0v) is 10.9. The maximum Gasteiger partial charge on any atom is 0.337 e. The summed E-state index contributed by atoms with van der Waals surface area (Å²) in [5.74, 6) is -1.14. The number of rotatable bonds is 3. The van der Waals surface area contributed by atoms with Gasteiger partial charge in [-0.25, -0.2) is 4.79 Å². The molecular formula is C14H18O4. The van der Waals surface area contributed by atoms with Gasteiger partial charge >= 0.3 is 5.97 Å². The molecule has 0 aromatic heterocycles. The minimum Gasteiger partial charge on any atom is -0.467 e. The van der Waals surface area contributed by atoms with Crippen molar-refractivity contribution in [3.63, 3.8) is 0 Å². The van der Waals surface area contributed by atoms with E-state index in [0.717, 1.165) is 5.56 Å². The van der Waals surface area contributed by atoms with Crippen molar-refractivity contribution in [2.24, 2.45) is 0 Å². The summed E-state index contributed by atoms with van der Waals surface area (Å²) in [7, 11) is 1.36. The molecular weight excluding hydrogens is 232 g/mol. The Balaban J connectivity index is 2.12. The summed E-state index contributed by atoms with van der Waals surface area (Å²) in [5, 5.41) is 0. The Hall–Kier alpha value is -1.39. The molecule has 0 aliphatic carbocycles. The van der Waals surface area contributed by atoms with Gasteiger partial charge in [0.15, 0.2) is 11.9 Å². The molecule has 0 radical (unpaired) electrons. The van der Waals surface area contributed by atoms with Crippen LogP contribution in [0.2, 0.25) is 0 Å². The molecule has 98 valence electrons. The van der Waals surface area contributed by atoms with Crippen molar-refractivity contribution in [3.05, 3.63) is 35.9 Å². The number of ether oxygens (including phenoxy) is 3. The number of carbonyl (C=O) groups excluding carboxylic acids is 1. The van der Waals surface area contributed by atoms with E-state index >= 15 is 0 Å². The molecule has 0 spiro atoms. The van der Waals surface area contributed by atoms with Crippen molar-refractivity contribution >= 4 is 5.97 Å². The molecule has 4 nitrogen and oxygen atoms in total. The van der Waals surface area contributed by atoms with Gasteiger partial charge in [-0.05, 0) is 19.4 Å². The van der Waals surface area contributed by atoms with Crippen molar-refractivity contribution in [1.29, 1.82) is 0 Å². The smallest absolute Gasteiger partial charge is 0.337 e. The standard InChI is InChI=1S/C14H18O4/c1-14(2)17-11(12(18-14)13(15)16-3)9-10-7-5-4-6-8-10/h4-8,11-12H,9H2,1-3H3. The maximum atomic E-state index is 11.7. The number of esters is 1. The Morgan fingerprint density at radius 1 is 1.28 bits per heavy atom. The van der Waals surface area contributed by atoms with E-state index < -0.39 is 11.9 Å². The van der Waals surface area contributed by atoms with Gasteiger partial charge in [0.2, 0.25) is 0 Å². The first kappa shape index (κ1) is 13.1. The molecule has 1 heterocycles. The lowest BCUT2D eigenvalue weighted by molar-refractivity contribution is -0.168. The van der Waals surface area contributed by atoms with Crippen LogP contribution >= 0.6 is 0 Å². The third-order valence-electron chi connectivity index (χ3n) is 2.90. The fourth-order valence-electron chi connectivity index (χ4n) is 2.15. The molecule has 0 saturated carbocycles. The molecule has 2 unspecified atom stereocenters. The minimum absolute atomic E-state index is 0.310. The first-order valence-electron chi connectivity index (χ1n) is 5.99. The predicted molar refractivity (Wildman–Crippen MR) is 66.0 cm³/mol. The fraction of sp³-hybridized carbons (Fsp3) is 0.500. The highest BCUT2D eigenvalue weighted by atomic mass is 16.8. The number of carbonyl (C=O) groups is 1. The molecule has 1 saturated heterocycles. The molecule has 18 heavy (non-hydrogen) atoms. The summed E-state index contributed by atoms with van der Waals surface area (Å²) < 4.78 is 16.1. The van der Waals surface area contributed by atoms with Gasteiger partial charge in [0, 0.05) is 6.42 Å². The van der Waals surface area contributed by atoms with Crippen LogP contribution in [-0.4, -0.2) is 31.1 Å². The third kappa shape index (κ3) is 2.89. The topological polar surface area (TPSA) is 44.8 Å². The van der Waals surface area contributed by atoms with Gasteiger partial charge in [0.05, 0.1) is 7.11 Å². The Morgan fingerprint density at radius 2 is 1.94 bits per heavy atom. The van der Waals surface area contributed by atoms with Gasteiger partial charge in [-0.3, -0.25) is 0 Å². The van der Waals surface area contributed by atoms with Gasteiger partial charge in [-0.15, -0.1) is 0 Å². The molecule has 0 amide bonds. The fourth-order valence-corrected chi connectivity index (χ4v) is 2.15. The Labute approximate surface area is 107 Å². The van der Waals surface area contributed by atoms with Crippen molar-refractivity contribution in [1.82, 2.24) is 0 Å². The van der Waals surface area contributed by atoms with Crippen LogP contribution in [0.3, 0.4) is 0 Å². The van der Waals surface area contributed by atoms with Crippen molar-refractivity contribution in [2.75, 3.05) is 7.11 Å². The molecule has 4 heteroatoms. The summed E-state index contributed by atoms with van der Waals surface area (Å²) in [5.41, 5.74) is 1.11. The number of hydrogen-bond donors (Lipinski definition) is 0. The van der Waals surface area contributed by atoms with Crippen LogP contribution < -0.4 is 0 Å². The summed E-state index contributed by atoms with van der Waals surface area (Å²) in [6.45, 7) is 3.60. The van der Waals surface area contributed by atoms with E-state index in [1.165, 1.54) is 7.11 Å². The Bertz CT molecular complexity index is 413. The zero-order chi connectivity index (χ0) is 13.2. The van der Waals surface area contributed by atoms with Crippen LogP contribution in [-0.2, 0) is 25.4 Å². The quantitative estimate of drug-likeness (QED) is 0.769. The highest BCUT2D eigenvalue weighted by Gasteiger charge is 2.45. The minimum atomic E-state index is -0.752. The highest BCUT2D eigenvalue weighted by molar-refractivity contribution is 5.75. The molecule has 0 bridgehead atoms. The first-order chi connectivity index (χ1) is 8.52. The SMILES string of the molecule is COC(=O)C1OC(C)(C)OC1Cc1ccccc1. The van der Waals surface area contributed by atoms with Gasteiger partial charge in [-0.2, -0.15) is 0 Å². The van der Waals surface area contributed by atoms with E-state index in [1.807, 2.05) is 30.3 Å². The molecule has 2 rings (SSSR count). The summed E-state index contributed by atoms with van der Waals surface area (Å²) in [6, 6.07) is 9.89. The molecule has 1 aliphatic rings. The largest absolute Gasteiger partial charge is 0.467 e. The average molecular weight is 250 g/mol. The van der Waals surface area contributed by atoms with Gasteiger partial charge in [0.25, 0.3) is 0 Å². The average Bonchev–Trinajstić information content (AvgIpc) is 2.65. The predicted octanol–water partition coefficient (Wildman–Crippen LogP) is 1.92. The number of hydrogen-bond acceptors (Lipinski definition) is 4. The molecule has 1 aromatic rings. The van der Waals surface area contributed by atoms with Crippen LogP contribution in [0.5, 0.6) is 0 Å². The van der Waals surface area contributed by atoms with Crippen molar-refractivity contribution in [2.45, 2.75) is 38.3 Å². The molecule has 2 atom stereocenters. The lowest BCUT2D eigenvalue weighted by Gasteiger charge is -2.16. The van der Waals surface area contributed by atoms with E-state index in [9.17, 15) is 4.79 Å². The van der Waals surface area contributed by atoms with Crippen LogP contribution in [0.25, 0.3) is 0 Å². The van der Waals surface area contributed by atoms with Crippen LogP contribution in [0.1, 0.15) is 19.4 Å². The van der Waals surface area contributed by atoms with Crippen LogP contribution in [0.4, 0.5) is 0 Å². The molecule has 1 aromatic carbocycles. The van der Waals surface area contributed by atoms with Gasteiger partial charge in [0.1, 0.15) is 6.10 Å². The lowest BCUT2D eigenvalue weighted by Crippen LogP contribution is -2.33. The van der Waals surface area contributed by atoms with Crippen molar-refractivity contribution < 1.29 is 19.0 Å². The van der Waals surface area contributed by atoms with E-state index in [4.69, 9.17) is 14.2 Å². The van der Waals surface area contributed by atoms with E-state index in [1.54, 1.807) is 13.8 Å². The second kappa shape index (κ2) is 5.08. The normalized spacial score (nSPS) is 25.9. The summed E-state index contributed by atoms with van der Waals surface area (Å²) in [6.07, 6.45) is -0.343. The molecule has 0 N–H and O–H groups in total. The van der Waals surface area contributed by atoms with Crippen molar-refractivity contribution in [3.8, 4) is 0 Å². The van der Waals surface area contributed by atoms with Gasteiger partial charge in [-0.1, -0.05) is 30.3 Å². The second-order valence-electron chi connectivity index (χ2n) is 4.81. The Kier molecular flexibility index (Phi) is 3.68. The highest BCUT2D eigenvalue weighted by Crippen LogP contribution is 2.30. The second-order valence-corrected chi connectivity index (χ2v) is 4.81. The number of benzene rings is 1. The van der Waals surface area contributed by atoms with Crippen LogP contribution in [0.15, 0.2) is 30.3 Å². The lowest BCUT2D eigenvalue weighted by atomic mass is 10.0. The number of methoxy groups -OCH3 is 1. The molecule has 1 aliphatic heterocycles. The first-order valence-corrected chi connectivity index (χ1v) is 5.99. The third-order valence-corrected chi connectivity index (χ3v) is 2.90. The maximum absolute atomic E-state index is 11.7. The monoisotopic (exact) mass is 250 g/mol. The van der Waals surface area contributed by atoms with Crippen LogP contribution in [0, 0.1) is 0 Å². The Morgan fingerprint density at radius 3 is 2.56 bits per heavy atom. The summed E-state index contributed by atoms with van der Waals surface area (Å²) >= 11 is 0. The van der Waals surface area contributed by atoms with E-state index in [-0.39, 0.29) is 12.1 Å². The zero-order valence-electron chi connectivity index (χ0n) is 10.9. The van der Waals surface area contributed by atoms with E-state index in [2.05, 4.69) is 0 Å². The molecule has 1 fully saturated rings. The van der Waals surface area contributed by atoms with Gasteiger partial charge < -0.3 is 14.2 Å². The summed E-state index contributed by atoms with van der Waals surface area (Å²) in [4.78, 5) is 11.7.